The van der Waals surface area contributed by atoms with Crippen molar-refractivity contribution in [3.8, 4) is 0 Å². The van der Waals surface area contributed by atoms with Crippen LogP contribution in [-0.2, 0) is 4.79 Å². The van der Waals surface area contributed by atoms with E-state index >= 15 is 0 Å². The van der Waals surface area contributed by atoms with Crippen molar-refractivity contribution in [2.75, 3.05) is 12.3 Å². The Balaban J connectivity index is 1.71. The molecule has 0 aromatic carbocycles. The zero-order chi connectivity index (χ0) is 14.5. The van der Waals surface area contributed by atoms with Crippen LogP contribution in [0.1, 0.15) is 45.4 Å². The molecule has 2 aliphatic rings. The van der Waals surface area contributed by atoms with Crippen molar-refractivity contribution in [3.05, 3.63) is 0 Å². The van der Waals surface area contributed by atoms with E-state index in [9.17, 15) is 9.59 Å². The van der Waals surface area contributed by atoms with Gasteiger partial charge in [-0.2, -0.15) is 0 Å². The normalized spacial score (nSPS) is 26.9. The van der Waals surface area contributed by atoms with Gasteiger partial charge in [0.1, 0.15) is 6.04 Å². The fraction of sp³-hybridized carbons (Fsp3) is 0.857. The number of nitrogens with zero attached hydrogens (tertiary/aromatic N) is 1. The fourth-order valence-corrected chi connectivity index (χ4v) is 4.28. The van der Waals surface area contributed by atoms with Gasteiger partial charge in [0, 0.05) is 12.3 Å². The molecule has 1 heterocycles. The minimum atomic E-state index is -0.914. The summed E-state index contributed by atoms with van der Waals surface area (Å²) >= 11 is 1.51. The summed E-state index contributed by atoms with van der Waals surface area (Å²) in [5, 5.41) is 11.9. The number of carboxylic acids is 1. The Kier molecular flexibility index (Phi) is 5.57. The van der Waals surface area contributed by atoms with E-state index in [0.717, 1.165) is 12.3 Å². The van der Waals surface area contributed by atoms with E-state index in [1.165, 1.54) is 48.8 Å². The molecule has 114 valence electrons. The van der Waals surface area contributed by atoms with Crippen molar-refractivity contribution in [2.24, 2.45) is 5.92 Å². The average Bonchev–Trinajstić information content (AvgIpc) is 3.03. The Morgan fingerprint density at radius 3 is 2.70 bits per heavy atom. The van der Waals surface area contributed by atoms with E-state index in [0.29, 0.717) is 12.3 Å². The van der Waals surface area contributed by atoms with Crippen molar-refractivity contribution in [1.82, 2.24) is 10.2 Å². The Bertz CT molecular complexity index is 358. The van der Waals surface area contributed by atoms with Crippen LogP contribution in [0.25, 0.3) is 0 Å². The number of carbonyl (C=O) groups is 2. The van der Waals surface area contributed by atoms with Crippen molar-refractivity contribution in [3.63, 3.8) is 0 Å². The largest absolute Gasteiger partial charge is 0.480 e. The second-order valence-corrected chi connectivity index (χ2v) is 7.07. The van der Waals surface area contributed by atoms with E-state index in [2.05, 4.69) is 5.32 Å². The molecular weight excluding hydrogens is 276 g/mol. The van der Waals surface area contributed by atoms with Crippen LogP contribution in [-0.4, -0.2) is 45.7 Å². The first-order chi connectivity index (χ1) is 9.59. The highest BCUT2D eigenvalue weighted by atomic mass is 32.2. The highest BCUT2D eigenvalue weighted by Crippen LogP contribution is 2.29. The summed E-state index contributed by atoms with van der Waals surface area (Å²) in [4.78, 5) is 24.7. The summed E-state index contributed by atoms with van der Waals surface area (Å²) in [7, 11) is 0. The van der Waals surface area contributed by atoms with Crippen LogP contribution >= 0.6 is 11.8 Å². The minimum absolute atomic E-state index is 0.0640. The van der Waals surface area contributed by atoms with Crippen molar-refractivity contribution in [2.45, 2.75) is 56.9 Å². The maximum Gasteiger partial charge on any atom is 0.327 e. The molecule has 20 heavy (non-hydrogen) atoms. The summed E-state index contributed by atoms with van der Waals surface area (Å²) in [6, 6.07) is -0.925. The number of carboxylic acid groups (broad SMARTS) is 1. The Morgan fingerprint density at radius 2 is 2.05 bits per heavy atom. The number of rotatable bonds is 5. The molecule has 1 saturated carbocycles. The van der Waals surface area contributed by atoms with E-state index < -0.39 is 12.0 Å². The fourth-order valence-electron chi connectivity index (χ4n) is 3.12. The number of amides is 2. The van der Waals surface area contributed by atoms with Crippen molar-refractivity contribution < 1.29 is 14.7 Å². The van der Waals surface area contributed by atoms with Gasteiger partial charge in [0.25, 0.3) is 0 Å². The molecule has 2 fully saturated rings. The summed E-state index contributed by atoms with van der Waals surface area (Å²) in [5.74, 6) is 0.398. The van der Waals surface area contributed by atoms with Crippen LogP contribution in [0.2, 0.25) is 0 Å². The van der Waals surface area contributed by atoms with Gasteiger partial charge in [0.05, 0.1) is 5.37 Å². The van der Waals surface area contributed by atoms with Gasteiger partial charge >= 0.3 is 12.0 Å². The predicted octanol–water partition coefficient (Wildman–Crippen LogP) is 2.51. The highest BCUT2D eigenvalue weighted by molar-refractivity contribution is 8.00. The summed E-state index contributed by atoms with van der Waals surface area (Å²) in [6.45, 7) is 2.53. The van der Waals surface area contributed by atoms with E-state index in [4.69, 9.17) is 5.11 Å². The number of hydrogen-bond donors (Lipinski definition) is 2. The SMILES string of the molecule is CC1SCC(C(=O)O)N1C(=O)NCCCC1CCCC1. The molecule has 2 amide bonds. The van der Waals surface area contributed by atoms with Gasteiger partial charge in [-0.25, -0.2) is 9.59 Å². The van der Waals surface area contributed by atoms with Crippen molar-refractivity contribution >= 4 is 23.8 Å². The van der Waals surface area contributed by atoms with Crippen LogP contribution < -0.4 is 5.32 Å². The van der Waals surface area contributed by atoms with Crippen LogP contribution in [0, 0.1) is 5.92 Å². The number of hydrogen-bond acceptors (Lipinski definition) is 3. The van der Waals surface area contributed by atoms with E-state index in [1.807, 2.05) is 6.92 Å². The molecule has 0 spiro atoms. The number of urea groups is 1. The smallest absolute Gasteiger partial charge is 0.327 e. The first kappa shape index (κ1) is 15.5. The van der Waals surface area contributed by atoms with Crippen LogP contribution in [0.4, 0.5) is 4.79 Å². The first-order valence-electron chi connectivity index (χ1n) is 7.50. The van der Waals surface area contributed by atoms with Gasteiger partial charge in [-0.15, -0.1) is 11.8 Å². The third kappa shape index (κ3) is 3.81. The highest BCUT2D eigenvalue weighted by Gasteiger charge is 2.39. The Labute approximate surface area is 124 Å². The van der Waals surface area contributed by atoms with Gasteiger partial charge < -0.3 is 10.4 Å². The number of carbonyl (C=O) groups excluding carboxylic acids is 1. The third-order valence-corrected chi connectivity index (χ3v) is 5.50. The molecule has 0 aromatic heterocycles. The lowest BCUT2D eigenvalue weighted by Crippen LogP contribution is -2.49. The Hall–Kier alpha value is -0.910. The zero-order valence-corrected chi connectivity index (χ0v) is 12.8. The molecule has 1 aliphatic carbocycles. The molecule has 1 saturated heterocycles. The second kappa shape index (κ2) is 7.20. The minimum Gasteiger partial charge on any atom is -0.480 e. The molecule has 2 atom stereocenters. The van der Waals surface area contributed by atoms with Crippen molar-refractivity contribution in [1.29, 1.82) is 0 Å². The topological polar surface area (TPSA) is 69.6 Å². The molecule has 5 nitrogen and oxygen atoms in total. The van der Waals surface area contributed by atoms with Gasteiger partial charge in [0.15, 0.2) is 0 Å². The molecule has 6 heteroatoms. The molecule has 1 aliphatic heterocycles. The molecular formula is C14H24N2O3S. The van der Waals surface area contributed by atoms with E-state index in [1.54, 1.807) is 0 Å². The van der Waals surface area contributed by atoms with Gasteiger partial charge in [-0.3, -0.25) is 4.90 Å². The predicted molar refractivity (Wildman–Crippen MR) is 79.8 cm³/mol. The Morgan fingerprint density at radius 1 is 1.35 bits per heavy atom. The van der Waals surface area contributed by atoms with Crippen LogP contribution in [0.3, 0.4) is 0 Å². The molecule has 0 bridgehead atoms. The first-order valence-corrected chi connectivity index (χ1v) is 8.55. The third-order valence-electron chi connectivity index (χ3n) is 4.28. The second-order valence-electron chi connectivity index (χ2n) is 5.72. The van der Waals surface area contributed by atoms with Crippen LogP contribution in [0.5, 0.6) is 0 Å². The molecule has 2 unspecified atom stereocenters. The lowest BCUT2D eigenvalue weighted by atomic mass is 10.0. The molecule has 0 aromatic rings. The number of thioether (sulfide) groups is 1. The van der Waals surface area contributed by atoms with Crippen LogP contribution in [0.15, 0.2) is 0 Å². The average molecular weight is 300 g/mol. The molecule has 0 radical (unpaired) electrons. The van der Waals surface area contributed by atoms with Gasteiger partial charge in [-0.1, -0.05) is 25.7 Å². The molecule has 2 rings (SSSR count). The maximum atomic E-state index is 12.1. The number of nitrogens with one attached hydrogen (secondary N) is 1. The number of aliphatic carboxylic acids is 1. The molecule has 2 N–H and O–H groups in total. The standard InChI is InChI=1S/C14H24N2O3S/c1-10-16(12(9-20-10)13(17)18)14(19)15-8-4-7-11-5-2-3-6-11/h10-12H,2-9H2,1H3,(H,15,19)(H,17,18). The lowest BCUT2D eigenvalue weighted by Gasteiger charge is -2.25. The monoisotopic (exact) mass is 300 g/mol. The summed E-state index contributed by atoms with van der Waals surface area (Å²) in [6.07, 6.45) is 7.51. The summed E-state index contributed by atoms with van der Waals surface area (Å²) in [5.41, 5.74) is 0. The quantitative estimate of drug-likeness (QED) is 0.765. The van der Waals surface area contributed by atoms with Gasteiger partial charge in [0.2, 0.25) is 0 Å². The maximum absolute atomic E-state index is 12.1. The zero-order valence-electron chi connectivity index (χ0n) is 12.0. The van der Waals surface area contributed by atoms with Gasteiger partial charge in [-0.05, 0) is 25.7 Å². The summed E-state index contributed by atoms with van der Waals surface area (Å²) < 4.78 is 0. The lowest BCUT2D eigenvalue weighted by molar-refractivity contribution is -0.141. The van der Waals surface area contributed by atoms with E-state index in [-0.39, 0.29) is 11.4 Å².